The number of fused-ring (bicyclic) bond motifs is 1. The second-order valence-electron chi connectivity index (χ2n) is 17.1. The zero-order valence-electron chi connectivity index (χ0n) is 40.2. The highest BCUT2D eigenvalue weighted by Crippen LogP contribution is 2.40. The summed E-state index contributed by atoms with van der Waals surface area (Å²) in [6.45, 7) is 10.5. The van der Waals surface area contributed by atoms with E-state index in [1.807, 2.05) is 24.3 Å². The Morgan fingerprint density at radius 3 is 1.23 bits per heavy atom. The van der Waals surface area contributed by atoms with Crippen LogP contribution in [-0.4, -0.2) is 83.4 Å². The van der Waals surface area contributed by atoms with Crippen molar-refractivity contribution >= 4 is 5.91 Å². The van der Waals surface area contributed by atoms with E-state index in [-0.39, 0.29) is 56.7 Å². The SMILES string of the molecule is CCCCCCCCCCOc1cc(C(=O)N2CCOCCOc3cc(C#N)c(C#N)cc3OCCOCC2)cc(OCCCCCCCCCC)c1OCCCCCCCCCC. The zero-order valence-corrected chi connectivity index (χ0v) is 40.2. The first-order valence-electron chi connectivity index (χ1n) is 25.3. The van der Waals surface area contributed by atoms with Gasteiger partial charge in [0.2, 0.25) is 5.75 Å². The monoisotopic (exact) mass is 890 g/mol. The fourth-order valence-electron chi connectivity index (χ4n) is 7.75. The van der Waals surface area contributed by atoms with E-state index in [9.17, 15) is 15.3 Å². The van der Waals surface area contributed by atoms with Gasteiger partial charge in [-0.2, -0.15) is 10.5 Å². The average Bonchev–Trinajstić information content (AvgIpc) is 3.32. The number of nitrogens with zero attached hydrogens (tertiary/aromatic N) is 3. The van der Waals surface area contributed by atoms with Crippen molar-refractivity contribution in [1.82, 2.24) is 4.90 Å². The minimum Gasteiger partial charge on any atom is -0.490 e. The summed E-state index contributed by atoms with van der Waals surface area (Å²) in [5.41, 5.74) is 0.888. The first-order chi connectivity index (χ1) is 31.6. The lowest BCUT2D eigenvalue weighted by atomic mass is 10.1. The van der Waals surface area contributed by atoms with E-state index in [2.05, 4.69) is 20.8 Å². The van der Waals surface area contributed by atoms with Gasteiger partial charge in [-0.25, -0.2) is 0 Å². The van der Waals surface area contributed by atoms with Gasteiger partial charge in [0.25, 0.3) is 5.91 Å². The maximum absolute atomic E-state index is 14.5. The second-order valence-corrected chi connectivity index (χ2v) is 17.1. The molecule has 0 atom stereocenters. The van der Waals surface area contributed by atoms with Crippen molar-refractivity contribution in [3.05, 3.63) is 41.0 Å². The van der Waals surface area contributed by atoms with Crippen LogP contribution in [0, 0.1) is 22.7 Å². The third-order valence-electron chi connectivity index (χ3n) is 11.6. The van der Waals surface area contributed by atoms with Gasteiger partial charge in [-0.05, 0) is 31.4 Å². The van der Waals surface area contributed by atoms with Crippen LogP contribution < -0.4 is 23.7 Å². The van der Waals surface area contributed by atoms with Crippen molar-refractivity contribution in [3.63, 3.8) is 0 Å². The number of nitriles is 2. The van der Waals surface area contributed by atoms with E-state index >= 15 is 0 Å². The molecule has 64 heavy (non-hydrogen) atoms. The van der Waals surface area contributed by atoms with Gasteiger partial charge in [0.15, 0.2) is 23.0 Å². The Kier molecular flexibility index (Phi) is 30.5. The molecule has 0 aromatic heterocycles. The number of unbranched alkanes of at least 4 members (excludes halogenated alkanes) is 21. The van der Waals surface area contributed by atoms with E-state index in [0.29, 0.717) is 67.2 Å². The smallest absolute Gasteiger partial charge is 0.254 e. The number of hydrogen-bond donors (Lipinski definition) is 0. The lowest BCUT2D eigenvalue weighted by molar-refractivity contribution is 0.0461. The summed E-state index contributed by atoms with van der Waals surface area (Å²) in [5.74, 6) is 2.24. The van der Waals surface area contributed by atoms with Crippen molar-refractivity contribution in [2.45, 2.75) is 175 Å². The van der Waals surface area contributed by atoms with E-state index in [1.54, 1.807) is 4.90 Å². The van der Waals surface area contributed by atoms with Crippen molar-refractivity contribution in [2.75, 3.05) is 72.6 Å². The van der Waals surface area contributed by atoms with Crippen LogP contribution in [0.3, 0.4) is 0 Å². The number of ether oxygens (including phenoxy) is 7. The van der Waals surface area contributed by atoms with Gasteiger partial charge < -0.3 is 38.1 Å². The second kappa shape index (κ2) is 36.1. The summed E-state index contributed by atoms with van der Waals surface area (Å²) in [7, 11) is 0. The lowest BCUT2D eigenvalue weighted by Crippen LogP contribution is -2.37. The normalized spacial score (nSPS) is 13.6. The molecule has 11 heteroatoms. The molecule has 0 bridgehead atoms. The summed E-state index contributed by atoms with van der Waals surface area (Å²) in [5, 5.41) is 19.1. The standard InChI is InChI=1S/C53H83N3O8/c1-4-7-10-13-16-19-22-25-30-60-50-39-45(40-51(61-31-26-23-20-17-14-11-8-5-2)52(50)64-32-27-24-21-18-15-12-9-6-3)53(57)56-28-33-58-35-37-62-48-41-46(43-54)47(44-55)42-49(48)63-38-36-59-34-29-56/h39-42H,4-38H2,1-3H3. The minimum absolute atomic E-state index is 0.173. The average molecular weight is 890 g/mol. The van der Waals surface area contributed by atoms with E-state index in [4.69, 9.17) is 33.2 Å². The summed E-state index contributed by atoms with van der Waals surface area (Å²) >= 11 is 0. The zero-order chi connectivity index (χ0) is 45.7. The summed E-state index contributed by atoms with van der Waals surface area (Å²) < 4.78 is 43.4. The highest BCUT2D eigenvalue weighted by atomic mass is 16.6. The number of amides is 1. The number of carbonyl (C=O) groups excluding carboxylic acids is 1. The molecule has 0 saturated carbocycles. The van der Waals surface area contributed by atoms with Crippen LogP contribution in [0.25, 0.3) is 0 Å². The molecule has 3 rings (SSSR count). The predicted octanol–water partition coefficient (Wildman–Crippen LogP) is 12.9. The number of rotatable bonds is 31. The molecule has 2 aromatic carbocycles. The molecule has 2 aromatic rings. The maximum Gasteiger partial charge on any atom is 0.254 e. The van der Waals surface area contributed by atoms with Crippen LogP contribution in [0.15, 0.2) is 24.3 Å². The van der Waals surface area contributed by atoms with Gasteiger partial charge in [0.1, 0.15) is 25.4 Å². The van der Waals surface area contributed by atoms with Crippen molar-refractivity contribution < 1.29 is 38.0 Å². The molecule has 11 nitrogen and oxygen atoms in total. The molecule has 0 aliphatic carbocycles. The third kappa shape index (κ3) is 22.6. The fourth-order valence-corrected chi connectivity index (χ4v) is 7.75. The van der Waals surface area contributed by atoms with Gasteiger partial charge in [0.05, 0.1) is 57.4 Å². The number of hydrogen-bond acceptors (Lipinski definition) is 10. The molecular weight excluding hydrogens is 807 g/mol. The van der Waals surface area contributed by atoms with E-state index < -0.39 is 0 Å². The topological polar surface area (TPSA) is 132 Å². The molecule has 0 fully saturated rings. The van der Waals surface area contributed by atoms with Crippen LogP contribution >= 0.6 is 0 Å². The molecular formula is C53H83N3O8. The summed E-state index contributed by atoms with van der Waals surface area (Å²) in [6, 6.07) is 10.8. The highest BCUT2D eigenvalue weighted by molar-refractivity contribution is 5.95. The minimum atomic E-state index is -0.173. The van der Waals surface area contributed by atoms with Crippen molar-refractivity contribution in [1.29, 1.82) is 10.5 Å². The predicted molar refractivity (Wildman–Crippen MR) is 255 cm³/mol. The number of carbonyl (C=O) groups is 1. The molecule has 358 valence electrons. The Labute approximate surface area is 387 Å². The maximum atomic E-state index is 14.5. The first-order valence-corrected chi connectivity index (χ1v) is 25.3. The Morgan fingerprint density at radius 1 is 0.500 bits per heavy atom. The highest BCUT2D eigenvalue weighted by Gasteiger charge is 2.23. The number of benzene rings is 2. The van der Waals surface area contributed by atoms with Gasteiger partial charge in [-0.1, -0.05) is 156 Å². The lowest BCUT2D eigenvalue weighted by Gasteiger charge is -2.24. The largest absolute Gasteiger partial charge is 0.490 e. The van der Waals surface area contributed by atoms with Crippen LogP contribution in [0.2, 0.25) is 0 Å². The van der Waals surface area contributed by atoms with E-state index in [1.165, 1.54) is 128 Å². The van der Waals surface area contributed by atoms with Crippen molar-refractivity contribution in [3.8, 4) is 40.9 Å². The van der Waals surface area contributed by atoms with Crippen LogP contribution in [0.4, 0.5) is 0 Å². The Bertz CT molecular complexity index is 1530. The van der Waals surface area contributed by atoms with Crippen molar-refractivity contribution in [2.24, 2.45) is 0 Å². The summed E-state index contributed by atoms with van der Waals surface area (Å²) in [6.07, 6.45) is 28.9. The molecule has 0 N–H and O–H groups in total. The van der Waals surface area contributed by atoms with Gasteiger partial charge >= 0.3 is 0 Å². The molecule has 1 aliphatic rings. The molecule has 0 unspecified atom stereocenters. The van der Waals surface area contributed by atoms with Gasteiger partial charge in [-0.3, -0.25) is 4.79 Å². The van der Waals surface area contributed by atoms with Gasteiger partial charge in [0, 0.05) is 30.8 Å². The summed E-state index contributed by atoms with van der Waals surface area (Å²) in [4.78, 5) is 16.3. The first kappa shape index (κ1) is 54.1. The third-order valence-corrected chi connectivity index (χ3v) is 11.6. The van der Waals surface area contributed by atoms with Crippen LogP contribution in [0.1, 0.15) is 196 Å². The van der Waals surface area contributed by atoms with Crippen LogP contribution in [-0.2, 0) is 9.47 Å². The molecule has 0 saturated heterocycles. The Hall–Kier alpha value is -4.19. The molecule has 0 spiro atoms. The van der Waals surface area contributed by atoms with Crippen LogP contribution in [0.5, 0.6) is 28.7 Å². The molecule has 1 aliphatic heterocycles. The fraction of sp³-hybridized carbons (Fsp3) is 0.717. The molecule has 1 heterocycles. The Morgan fingerprint density at radius 2 is 0.859 bits per heavy atom. The van der Waals surface area contributed by atoms with E-state index in [0.717, 1.165) is 38.5 Å². The molecule has 1 amide bonds. The quantitative estimate of drug-likeness (QED) is 0.0674. The van der Waals surface area contributed by atoms with Gasteiger partial charge in [-0.15, -0.1) is 0 Å². The Balaban J connectivity index is 1.78. The molecule has 0 radical (unpaired) electrons.